The van der Waals surface area contributed by atoms with Gasteiger partial charge in [-0.05, 0) is 31.0 Å². The summed E-state index contributed by atoms with van der Waals surface area (Å²) in [5.41, 5.74) is 3.38. The first-order valence-electron chi connectivity index (χ1n) is 4.97. The molecule has 0 bridgehead atoms. The maximum Gasteiger partial charge on any atom is 0.150 e. The van der Waals surface area contributed by atoms with Crippen molar-refractivity contribution in [3.05, 3.63) is 46.9 Å². The van der Waals surface area contributed by atoms with Crippen LogP contribution >= 0.6 is 11.6 Å². The number of nitrogens with zero attached hydrogens (tertiary/aromatic N) is 2. The number of aryl methyl sites for hydroxylation is 2. The van der Waals surface area contributed by atoms with Gasteiger partial charge in [-0.1, -0.05) is 23.7 Å². The van der Waals surface area contributed by atoms with E-state index >= 15 is 0 Å². The molecule has 82 valence electrons. The molecule has 2 rings (SSSR count). The number of aromatic nitrogens is 2. The predicted molar refractivity (Wildman–Crippen MR) is 66.2 cm³/mol. The largest absolute Gasteiger partial charge is 0.339 e. The summed E-state index contributed by atoms with van der Waals surface area (Å²) in [4.78, 5) is 8.11. The summed E-state index contributed by atoms with van der Waals surface area (Å²) in [5.74, 6) is 0.654. The Bertz CT molecular complexity index is 511. The molecule has 0 saturated carbocycles. The highest BCUT2D eigenvalue weighted by atomic mass is 35.5. The summed E-state index contributed by atoms with van der Waals surface area (Å²) in [6.07, 6.45) is 3.16. The minimum absolute atomic E-state index is 0.385. The number of rotatable bonds is 2. The lowest BCUT2D eigenvalue weighted by Gasteiger charge is -2.09. The molecule has 0 radical (unpaired) electrons. The van der Waals surface area contributed by atoms with Crippen molar-refractivity contribution in [2.24, 2.45) is 0 Å². The molecule has 0 saturated heterocycles. The van der Waals surface area contributed by atoms with E-state index in [2.05, 4.69) is 33.5 Å². The van der Waals surface area contributed by atoms with Crippen molar-refractivity contribution < 1.29 is 0 Å². The molecule has 1 aromatic heterocycles. The van der Waals surface area contributed by atoms with Crippen molar-refractivity contribution in [1.82, 2.24) is 9.97 Å². The maximum absolute atomic E-state index is 5.77. The van der Waals surface area contributed by atoms with Gasteiger partial charge in [0, 0.05) is 5.69 Å². The molecule has 0 unspecified atom stereocenters. The zero-order chi connectivity index (χ0) is 11.5. The van der Waals surface area contributed by atoms with E-state index in [0.717, 1.165) is 11.3 Å². The smallest absolute Gasteiger partial charge is 0.150 e. The van der Waals surface area contributed by atoms with E-state index < -0.39 is 0 Å². The minimum atomic E-state index is 0.385. The van der Waals surface area contributed by atoms with Crippen molar-refractivity contribution in [2.45, 2.75) is 13.8 Å². The van der Waals surface area contributed by atoms with Gasteiger partial charge in [-0.2, -0.15) is 0 Å². The monoisotopic (exact) mass is 233 g/mol. The van der Waals surface area contributed by atoms with Gasteiger partial charge in [0.15, 0.2) is 5.82 Å². The van der Waals surface area contributed by atoms with E-state index in [9.17, 15) is 0 Å². The van der Waals surface area contributed by atoms with Crippen LogP contribution in [-0.4, -0.2) is 9.97 Å². The fourth-order valence-corrected chi connectivity index (χ4v) is 1.56. The van der Waals surface area contributed by atoms with E-state index in [1.54, 1.807) is 6.20 Å². The van der Waals surface area contributed by atoms with Crippen LogP contribution in [-0.2, 0) is 0 Å². The first-order valence-corrected chi connectivity index (χ1v) is 5.35. The van der Waals surface area contributed by atoms with Crippen molar-refractivity contribution in [3.8, 4) is 0 Å². The van der Waals surface area contributed by atoms with Gasteiger partial charge in [0.1, 0.15) is 5.15 Å². The lowest BCUT2D eigenvalue weighted by Crippen LogP contribution is -1.97. The van der Waals surface area contributed by atoms with Gasteiger partial charge in [-0.3, -0.25) is 4.98 Å². The lowest BCUT2D eigenvalue weighted by molar-refractivity contribution is 1.19. The molecule has 1 N–H and O–H groups in total. The standard InChI is InChI=1S/C12H12ClN3/c1-8-3-4-9(2)10(5-8)15-12-7-14-6-11(13)16-12/h3-7H,1-2H3,(H,15,16). The Labute approximate surface area is 99.5 Å². The van der Waals surface area contributed by atoms with Crippen LogP contribution in [0.5, 0.6) is 0 Å². The first kappa shape index (κ1) is 10.9. The molecule has 4 heteroatoms. The van der Waals surface area contributed by atoms with E-state index in [4.69, 9.17) is 11.6 Å². The molecule has 1 heterocycles. The normalized spacial score (nSPS) is 10.2. The Hall–Kier alpha value is -1.61. The molecule has 0 amide bonds. The van der Waals surface area contributed by atoms with Gasteiger partial charge < -0.3 is 5.32 Å². The summed E-state index contributed by atoms with van der Waals surface area (Å²) in [6.45, 7) is 4.09. The van der Waals surface area contributed by atoms with Gasteiger partial charge in [-0.15, -0.1) is 0 Å². The molecule has 3 nitrogen and oxygen atoms in total. The number of halogens is 1. The lowest BCUT2D eigenvalue weighted by atomic mass is 10.1. The van der Waals surface area contributed by atoms with Crippen molar-refractivity contribution in [3.63, 3.8) is 0 Å². The van der Waals surface area contributed by atoms with Gasteiger partial charge >= 0.3 is 0 Å². The minimum Gasteiger partial charge on any atom is -0.339 e. The number of anilines is 2. The van der Waals surface area contributed by atoms with Crippen molar-refractivity contribution >= 4 is 23.1 Å². The molecule has 0 aliphatic rings. The Kier molecular flexibility index (Phi) is 3.06. The fraction of sp³-hybridized carbons (Fsp3) is 0.167. The molecular weight excluding hydrogens is 222 g/mol. The summed E-state index contributed by atoms with van der Waals surface area (Å²) in [5, 5.41) is 3.58. The van der Waals surface area contributed by atoms with E-state index in [1.165, 1.54) is 11.8 Å². The van der Waals surface area contributed by atoms with Gasteiger partial charge in [0.05, 0.1) is 12.4 Å². The van der Waals surface area contributed by atoms with Crippen LogP contribution in [0.2, 0.25) is 5.15 Å². The third kappa shape index (κ3) is 2.49. The van der Waals surface area contributed by atoms with Gasteiger partial charge in [-0.25, -0.2) is 4.98 Å². The van der Waals surface area contributed by atoms with Crippen LogP contribution in [0.3, 0.4) is 0 Å². The van der Waals surface area contributed by atoms with E-state index in [-0.39, 0.29) is 0 Å². The second kappa shape index (κ2) is 4.49. The third-order valence-electron chi connectivity index (χ3n) is 2.26. The average molecular weight is 234 g/mol. The highest BCUT2D eigenvalue weighted by molar-refractivity contribution is 6.29. The number of hydrogen-bond acceptors (Lipinski definition) is 3. The second-order valence-corrected chi connectivity index (χ2v) is 4.06. The average Bonchev–Trinajstić information content (AvgIpc) is 2.24. The van der Waals surface area contributed by atoms with Crippen LogP contribution in [0.25, 0.3) is 0 Å². The van der Waals surface area contributed by atoms with E-state index in [0.29, 0.717) is 11.0 Å². The van der Waals surface area contributed by atoms with Crippen LogP contribution in [0.1, 0.15) is 11.1 Å². The van der Waals surface area contributed by atoms with Gasteiger partial charge in [0.2, 0.25) is 0 Å². The zero-order valence-electron chi connectivity index (χ0n) is 9.16. The fourth-order valence-electron chi connectivity index (χ4n) is 1.41. The summed E-state index contributed by atoms with van der Waals surface area (Å²) >= 11 is 5.77. The zero-order valence-corrected chi connectivity index (χ0v) is 9.92. The number of hydrogen-bond donors (Lipinski definition) is 1. The molecule has 0 spiro atoms. The molecule has 0 atom stereocenters. The van der Waals surface area contributed by atoms with Crippen molar-refractivity contribution in [2.75, 3.05) is 5.32 Å². The SMILES string of the molecule is Cc1ccc(C)c(Nc2cncc(Cl)n2)c1. The Morgan fingerprint density at radius 3 is 2.75 bits per heavy atom. The molecule has 0 aliphatic carbocycles. The molecule has 16 heavy (non-hydrogen) atoms. The quantitative estimate of drug-likeness (QED) is 0.863. The van der Waals surface area contributed by atoms with Crippen molar-refractivity contribution in [1.29, 1.82) is 0 Å². The molecular formula is C12H12ClN3. The molecule has 2 aromatic rings. The van der Waals surface area contributed by atoms with Crippen LogP contribution < -0.4 is 5.32 Å². The number of nitrogens with one attached hydrogen (secondary N) is 1. The topological polar surface area (TPSA) is 37.8 Å². The predicted octanol–water partition coefficient (Wildman–Crippen LogP) is 3.49. The molecule has 0 aliphatic heterocycles. The molecule has 0 fully saturated rings. The Morgan fingerprint density at radius 1 is 1.19 bits per heavy atom. The Balaban J connectivity index is 2.30. The van der Waals surface area contributed by atoms with Crippen LogP contribution in [0, 0.1) is 13.8 Å². The summed E-state index contributed by atoms with van der Waals surface area (Å²) in [6, 6.07) is 6.21. The maximum atomic E-state index is 5.77. The third-order valence-corrected chi connectivity index (χ3v) is 2.44. The van der Waals surface area contributed by atoms with Gasteiger partial charge in [0.25, 0.3) is 0 Å². The number of benzene rings is 1. The highest BCUT2D eigenvalue weighted by Crippen LogP contribution is 2.20. The Morgan fingerprint density at radius 2 is 2.00 bits per heavy atom. The molecule has 1 aromatic carbocycles. The van der Waals surface area contributed by atoms with Crippen LogP contribution in [0.15, 0.2) is 30.6 Å². The first-order chi connectivity index (χ1) is 7.65. The van der Waals surface area contributed by atoms with Crippen LogP contribution in [0.4, 0.5) is 11.5 Å². The van der Waals surface area contributed by atoms with E-state index in [1.807, 2.05) is 13.8 Å². The highest BCUT2D eigenvalue weighted by Gasteiger charge is 2.01. The summed E-state index contributed by atoms with van der Waals surface area (Å²) in [7, 11) is 0. The summed E-state index contributed by atoms with van der Waals surface area (Å²) < 4.78 is 0. The second-order valence-electron chi connectivity index (χ2n) is 3.67.